The summed E-state index contributed by atoms with van der Waals surface area (Å²) in [5.74, 6) is 0. The van der Waals surface area contributed by atoms with Crippen LogP contribution in [-0.2, 0) is 0 Å². The van der Waals surface area contributed by atoms with E-state index < -0.39 is 0 Å². The molecule has 2 nitrogen and oxygen atoms in total. The van der Waals surface area contributed by atoms with Crippen LogP contribution in [0.2, 0.25) is 0 Å². The number of nitrogens with two attached hydrogens (primary N) is 2. The van der Waals surface area contributed by atoms with Crippen molar-refractivity contribution in [3.63, 3.8) is 0 Å². The van der Waals surface area contributed by atoms with E-state index in [9.17, 15) is 0 Å². The van der Waals surface area contributed by atoms with Crippen molar-refractivity contribution in [1.29, 1.82) is 0 Å². The molecule has 0 bridgehead atoms. The summed E-state index contributed by atoms with van der Waals surface area (Å²) in [6.07, 6.45) is 6.19. The summed E-state index contributed by atoms with van der Waals surface area (Å²) in [5.41, 5.74) is 10.6. The Morgan fingerprint density at radius 1 is 0.600 bits per heavy atom. The summed E-state index contributed by atoms with van der Waals surface area (Å²) < 4.78 is 0. The van der Waals surface area contributed by atoms with Crippen molar-refractivity contribution >= 4 is 29.6 Å². The van der Waals surface area contributed by atoms with Gasteiger partial charge in [0.1, 0.15) is 0 Å². The summed E-state index contributed by atoms with van der Waals surface area (Å²) in [4.78, 5) is 0. The van der Waals surface area contributed by atoms with Crippen LogP contribution in [0.1, 0.15) is 32.1 Å². The van der Waals surface area contributed by atoms with Crippen LogP contribution in [0.4, 0.5) is 0 Å². The average molecular weight is 153 g/mol. The monoisotopic (exact) mass is 153 g/mol. The first-order valence-electron chi connectivity index (χ1n) is 3.82. The summed E-state index contributed by atoms with van der Waals surface area (Å²) in [7, 11) is 0. The van der Waals surface area contributed by atoms with Crippen molar-refractivity contribution in [2.45, 2.75) is 32.1 Å². The minimum Gasteiger partial charge on any atom is -0.330 e. The van der Waals surface area contributed by atoms with Gasteiger partial charge in [-0.3, -0.25) is 0 Å². The third-order valence-electron chi connectivity index (χ3n) is 1.41. The largest absolute Gasteiger partial charge is 0.330 e. The predicted molar refractivity (Wildman–Crippen MR) is 46.9 cm³/mol. The molecule has 0 aliphatic carbocycles. The zero-order chi connectivity index (χ0) is 6.95. The molecule has 0 heterocycles. The van der Waals surface area contributed by atoms with Gasteiger partial charge in [0, 0.05) is 29.6 Å². The fraction of sp³-hybridized carbons (Fsp3) is 1.00. The summed E-state index contributed by atoms with van der Waals surface area (Å²) in [6.45, 7) is 1.67. The molecule has 0 saturated heterocycles. The molecule has 0 atom stereocenters. The Bertz CT molecular complexity index is 44.9. The van der Waals surface area contributed by atoms with Gasteiger partial charge in [0.15, 0.2) is 0 Å². The first-order chi connectivity index (χ1) is 4.41. The molecule has 0 aliphatic rings. The van der Waals surface area contributed by atoms with Crippen LogP contribution < -0.4 is 11.5 Å². The Morgan fingerprint density at radius 3 is 1.20 bits per heavy atom. The summed E-state index contributed by atoms with van der Waals surface area (Å²) in [5, 5.41) is 0. The van der Waals surface area contributed by atoms with Crippen LogP contribution in [0.15, 0.2) is 0 Å². The van der Waals surface area contributed by atoms with E-state index in [0.29, 0.717) is 0 Å². The standard InChI is InChI=1S/C7H18N2.Na/c8-6-4-2-1-3-5-7-9;/h1-9H2;. The van der Waals surface area contributed by atoms with Gasteiger partial charge in [-0.05, 0) is 25.9 Å². The minimum absolute atomic E-state index is 0. The Labute approximate surface area is 86.0 Å². The van der Waals surface area contributed by atoms with Gasteiger partial charge in [0.2, 0.25) is 0 Å². The normalized spacial score (nSPS) is 9.00. The molecule has 0 amide bonds. The van der Waals surface area contributed by atoms with E-state index in [1.807, 2.05) is 0 Å². The maximum absolute atomic E-state index is 5.32. The molecule has 0 rings (SSSR count). The van der Waals surface area contributed by atoms with Gasteiger partial charge in [0.05, 0.1) is 0 Å². The minimum atomic E-state index is 0. The third-order valence-corrected chi connectivity index (χ3v) is 1.41. The molecule has 0 spiro atoms. The average Bonchev–Trinajstić information content (AvgIpc) is 1.89. The second kappa shape index (κ2) is 12.6. The molecule has 4 N–H and O–H groups in total. The molecule has 0 aromatic rings. The molecule has 0 aliphatic heterocycles. The Hall–Kier alpha value is 0.920. The van der Waals surface area contributed by atoms with Crippen LogP contribution in [0.25, 0.3) is 0 Å². The third kappa shape index (κ3) is 11.7. The quantitative estimate of drug-likeness (QED) is 0.430. The first-order valence-corrected chi connectivity index (χ1v) is 3.82. The van der Waals surface area contributed by atoms with E-state index in [1.165, 1.54) is 32.1 Å². The van der Waals surface area contributed by atoms with Gasteiger partial charge in [-0.15, -0.1) is 0 Å². The van der Waals surface area contributed by atoms with Gasteiger partial charge < -0.3 is 11.5 Å². The van der Waals surface area contributed by atoms with E-state index in [0.717, 1.165) is 13.1 Å². The van der Waals surface area contributed by atoms with Gasteiger partial charge in [-0.2, -0.15) is 0 Å². The van der Waals surface area contributed by atoms with E-state index in [1.54, 1.807) is 0 Å². The molecule has 0 aromatic carbocycles. The fourth-order valence-electron chi connectivity index (χ4n) is 0.819. The zero-order valence-electron chi connectivity index (χ0n) is 7.10. The number of hydrogen-bond donors (Lipinski definition) is 2. The van der Waals surface area contributed by atoms with Crippen molar-refractivity contribution in [3.8, 4) is 0 Å². The van der Waals surface area contributed by atoms with Gasteiger partial charge in [-0.25, -0.2) is 0 Å². The number of hydrogen-bond acceptors (Lipinski definition) is 2. The predicted octanol–water partition coefficient (Wildman–Crippen LogP) is 0.474. The Morgan fingerprint density at radius 2 is 0.900 bits per heavy atom. The molecule has 0 fully saturated rings. The SMILES string of the molecule is NCCCCCCCN.[Na]. The van der Waals surface area contributed by atoms with Crippen molar-refractivity contribution in [2.24, 2.45) is 11.5 Å². The van der Waals surface area contributed by atoms with Crippen LogP contribution in [0.5, 0.6) is 0 Å². The van der Waals surface area contributed by atoms with Crippen LogP contribution >= 0.6 is 0 Å². The van der Waals surface area contributed by atoms with E-state index >= 15 is 0 Å². The Kier molecular flexibility index (Phi) is 17.0. The first kappa shape index (κ1) is 13.5. The molecule has 0 aromatic heterocycles. The maximum Gasteiger partial charge on any atom is 0 e. The van der Waals surface area contributed by atoms with Crippen LogP contribution in [0.3, 0.4) is 0 Å². The van der Waals surface area contributed by atoms with Crippen molar-refractivity contribution in [3.05, 3.63) is 0 Å². The van der Waals surface area contributed by atoms with Gasteiger partial charge in [-0.1, -0.05) is 19.3 Å². The molecule has 0 saturated carbocycles. The Balaban J connectivity index is 0. The molecule has 57 valence electrons. The molecule has 10 heavy (non-hydrogen) atoms. The molecular weight excluding hydrogens is 135 g/mol. The summed E-state index contributed by atoms with van der Waals surface area (Å²) in [6, 6.07) is 0. The molecule has 3 heteroatoms. The van der Waals surface area contributed by atoms with Crippen LogP contribution in [0, 0.1) is 0 Å². The van der Waals surface area contributed by atoms with E-state index in [-0.39, 0.29) is 29.6 Å². The number of unbranched alkanes of at least 4 members (excludes halogenated alkanes) is 4. The van der Waals surface area contributed by atoms with Gasteiger partial charge in [0.25, 0.3) is 0 Å². The summed E-state index contributed by atoms with van der Waals surface area (Å²) >= 11 is 0. The van der Waals surface area contributed by atoms with Crippen molar-refractivity contribution in [2.75, 3.05) is 13.1 Å². The molecule has 0 unspecified atom stereocenters. The topological polar surface area (TPSA) is 52.0 Å². The smallest absolute Gasteiger partial charge is 0 e. The van der Waals surface area contributed by atoms with Crippen molar-refractivity contribution < 1.29 is 0 Å². The van der Waals surface area contributed by atoms with E-state index in [2.05, 4.69) is 0 Å². The molecule has 1 radical (unpaired) electrons. The van der Waals surface area contributed by atoms with Gasteiger partial charge >= 0.3 is 0 Å². The zero-order valence-corrected chi connectivity index (χ0v) is 9.10. The maximum atomic E-state index is 5.32. The van der Waals surface area contributed by atoms with Crippen LogP contribution in [-0.4, -0.2) is 42.6 Å². The van der Waals surface area contributed by atoms with E-state index in [4.69, 9.17) is 11.5 Å². The number of rotatable bonds is 6. The van der Waals surface area contributed by atoms with Crippen molar-refractivity contribution in [1.82, 2.24) is 0 Å². The fourth-order valence-corrected chi connectivity index (χ4v) is 0.819. The second-order valence-electron chi connectivity index (χ2n) is 2.35. The second-order valence-corrected chi connectivity index (χ2v) is 2.35. The molecular formula is C7H18N2Na.